The van der Waals surface area contributed by atoms with Crippen LogP contribution in [0.15, 0.2) is 22.7 Å². The molecule has 0 heterocycles. The number of aliphatic hydroxyl groups is 1. The predicted molar refractivity (Wildman–Crippen MR) is 69.4 cm³/mol. The number of nitrogens with one attached hydrogen (secondary N) is 2. The number of carbonyl (C=O) groups excluding carboxylic acids is 1. The van der Waals surface area contributed by atoms with Gasteiger partial charge in [0, 0.05) is 4.47 Å². The lowest BCUT2D eigenvalue weighted by Crippen LogP contribution is -2.49. The van der Waals surface area contributed by atoms with Crippen molar-refractivity contribution in [2.24, 2.45) is 0 Å². The molecule has 1 aromatic carbocycles. The molecule has 6 nitrogen and oxygen atoms in total. The third kappa shape index (κ3) is 4.49. The summed E-state index contributed by atoms with van der Waals surface area (Å²) in [5.41, 5.74) is 0.272. The number of aliphatic carboxylic acids is 1. The first kappa shape index (κ1) is 15.4. The van der Waals surface area contributed by atoms with Crippen molar-refractivity contribution in [1.29, 1.82) is 0 Å². The van der Waals surface area contributed by atoms with E-state index in [0.717, 1.165) is 12.1 Å². The molecule has 2 atom stereocenters. The summed E-state index contributed by atoms with van der Waals surface area (Å²) >= 11 is 3.05. The van der Waals surface area contributed by atoms with Crippen molar-refractivity contribution in [3.63, 3.8) is 0 Å². The Morgan fingerprint density at radius 1 is 1.42 bits per heavy atom. The first-order valence-electron chi connectivity index (χ1n) is 5.24. The molecule has 0 spiro atoms. The lowest BCUT2D eigenvalue weighted by atomic mass is 10.2. The number of hydrogen-bond acceptors (Lipinski definition) is 3. The van der Waals surface area contributed by atoms with Gasteiger partial charge >= 0.3 is 12.0 Å². The molecule has 0 aromatic heterocycles. The van der Waals surface area contributed by atoms with E-state index in [1.165, 1.54) is 13.0 Å². The Balaban J connectivity index is 2.72. The van der Waals surface area contributed by atoms with Gasteiger partial charge in [0.2, 0.25) is 0 Å². The predicted octanol–water partition coefficient (Wildman–Crippen LogP) is 1.54. The van der Waals surface area contributed by atoms with E-state index >= 15 is 0 Å². The Labute approximate surface area is 116 Å². The highest BCUT2D eigenvalue weighted by atomic mass is 79.9. The third-order valence-electron chi connectivity index (χ3n) is 2.21. The molecule has 0 saturated heterocycles. The van der Waals surface area contributed by atoms with Crippen LogP contribution in [0.3, 0.4) is 0 Å². The molecule has 0 saturated carbocycles. The van der Waals surface area contributed by atoms with Crippen LogP contribution >= 0.6 is 15.9 Å². The Morgan fingerprint density at radius 3 is 2.53 bits per heavy atom. The van der Waals surface area contributed by atoms with E-state index < -0.39 is 30.0 Å². The summed E-state index contributed by atoms with van der Waals surface area (Å²) in [7, 11) is 0. The molecule has 1 aromatic rings. The van der Waals surface area contributed by atoms with Crippen molar-refractivity contribution in [2.45, 2.75) is 19.1 Å². The number of carboxylic acids is 1. The molecule has 0 unspecified atom stereocenters. The van der Waals surface area contributed by atoms with Crippen molar-refractivity contribution in [2.75, 3.05) is 5.32 Å². The number of carbonyl (C=O) groups is 2. The lowest BCUT2D eigenvalue weighted by Gasteiger charge is -2.17. The third-order valence-corrected chi connectivity index (χ3v) is 2.87. The Bertz CT molecular complexity index is 496. The first-order chi connectivity index (χ1) is 8.81. The number of urea groups is 1. The molecule has 0 aliphatic rings. The Morgan fingerprint density at radius 2 is 2.05 bits per heavy atom. The molecule has 104 valence electrons. The highest BCUT2D eigenvalue weighted by Crippen LogP contribution is 2.22. The molecule has 0 bridgehead atoms. The van der Waals surface area contributed by atoms with Crippen molar-refractivity contribution in [3.05, 3.63) is 28.5 Å². The van der Waals surface area contributed by atoms with Crippen LogP contribution in [0.25, 0.3) is 0 Å². The quantitative estimate of drug-likeness (QED) is 0.671. The van der Waals surface area contributed by atoms with E-state index in [9.17, 15) is 19.1 Å². The molecule has 4 N–H and O–H groups in total. The van der Waals surface area contributed by atoms with Gasteiger partial charge in [0.05, 0.1) is 11.8 Å². The number of halogens is 2. The van der Waals surface area contributed by atoms with E-state index in [0.29, 0.717) is 4.47 Å². The summed E-state index contributed by atoms with van der Waals surface area (Å²) in [5, 5.41) is 22.4. The van der Waals surface area contributed by atoms with Crippen LogP contribution in [0, 0.1) is 5.82 Å². The molecule has 0 aliphatic heterocycles. The number of anilines is 1. The summed E-state index contributed by atoms with van der Waals surface area (Å²) in [6.45, 7) is 1.24. The van der Waals surface area contributed by atoms with Crippen LogP contribution < -0.4 is 10.6 Å². The zero-order chi connectivity index (χ0) is 14.6. The standard InChI is InChI=1S/C11H12BrFN2O4/c1-5(16)9(10(17)18)15-11(19)14-8-3-2-6(13)4-7(8)12/h2-5,9,16H,1H3,(H,17,18)(H2,14,15,19)/t5-,9+/m1/s1. The van der Waals surface area contributed by atoms with Gasteiger partial charge in [-0.3, -0.25) is 0 Å². The van der Waals surface area contributed by atoms with Crippen LogP contribution in [0.4, 0.5) is 14.9 Å². The van der Waals surface area contributed by atoms with Gasteiger partial charge in [0.25, 0.3) is 0 Å². The minimum Gasteiger partial charge on any atom is -0.480 e. The fourth-order valence-corrected chi connectivity index (χ4v) is 1.73. The maximum absolute atomic E-state index is 12.8. The molecular formula is C11H12BrFN2O4. The SMILES string of the molecule is C[C@@H](O)[C@H](NC(=O)Nc1ccc(F)cc1Br)C(=O)O. The Kier molecular flexibility index (Phi) is 5.25. The number of benzene rings is 1. The minimum atomic E-state index is -1.43. The fourth-order valence-electron chi connectivity index (χ4n) is 1.28. The normalized spacial score (nSPS) is 13.5. The van der Waals surface area contributed by atoms with Crippen LogP contribution in [0.5, 0.6) is 0 Å². The molecular weight excluding hydrogens is 323 g/mol. The maximum Gasteiger partial charge on any atom is 0.328 e. The minimum absolute atomic E-state index is 0.272. The van der Waals surface area contributed by atoms with Gasteiger partial charge < -0.3 is 20.8 Å². The monoisotopic (exact) mass is 334 g/mol. The topological polar surface area (TPSA) is 98.7 Å². The van der Waals surface area contributed by atoms with E-state index in [-0.39, 0.29) is 5.69 Å². The van der Waals surface area contributed by atoms with Crippen molar-refractivity contribution < 1.29 is 24.2 Å². The largest absolute Gasteiger partial charge is 0.480 e. The highest BCUT2D eigenvalue weighted by Gasteiger charge is 2.25. The Hall–Kier alpha value is -1.67. The number of rotatable bonds is 4. The van der Waals surface area contributed by atoms with E-state index in [4.69, 9.17) is 5.11 Å². The first-order valence-corrected chi connectivity index (χ1v) is 6.04. The van der Waals surface area contributed by atoms with Gasteiger partial charge in [-0.2, -0.15) is 0 Å². The van der Waals surface area contributed by atoms with Crippen LogP contribution in [0.1, 0.15) is 6.92 Å². The molecule has 2 amide bonds. The highest BCUT2D eigenvalue weighted by molar-refractivity contribution is 9.10. The van der Waals surface area contributed by atoms with Gasteiger partial charge in [0.15, 0.2) is 6.04 Å². The summed E-state index contributed by atoms with van der Waals surface area (Å²) in [6.07, 6.45) is -1.25. The second-order valence-electron chi connectivity index (χ2n) is 3.78. The second-order valence-corrected chi connectivity index (χ2v) is 4.63. The number of aliphatic hydroxyl groups excluding tert-OH is 1. The number of carboxylic acid groups (broad SMARTS) is 1. The summed E-state index contributed by atoms with van der Waals surface area (Å²) in [6, 6.07) is 1.36. The molecule has 0 fully saturated rings. The molecule has 19 heavy (non-hydrogen) atoms. The smallest absolute Gasteiger partial charge is 0.328 e. The maximum atomic E-state index is 12.8. The van der Waals surface area contributed by atoms with Crippen LogP contribution in [-0.4, -0.2) is 34.4 Å². The fraction of sp³-hybridized carbons (Fsp3) is 0.273. The summed E-state index contributed by atoms with van der Waals surface area (Å²) in [5.74, 6) is -1.84. The van der Waals surface area contributed by atoms with Gasteiger partial charge in [-0.25, -0.2) is 14.0 Å². The van der Waals surface area contributed by atoms with Crippen molar-refractivity contribution in [3.8, 4) is 0 Å². The van der Waals surface area contributed by atoms with E-state index in [1.54, 1.807) is 0 Å². The van der Waals surface area contributed by atoms with Crippen molar-refractivity contribution in [1.82, 2.24) is 5.32 Å². The van der Waals surface area contributed by atoms with E-state index in [1.807, 2.05) is 0 Å². The molecule has 0 aliphatic carbocycles. The lowest BCUT2D eigenvalue weighted by molar-refractivity contribution is -0.141. The van der Waals surface area contributed by atoms with Gasteiger partial charge in [-0.1, -0.05) is 0 Å². The van der Waals surface area contributed by atoms with Gasteiger partial charge in [-0.15, -0.1) is 0 Å². The second kappa shape index (κ2) is 6.48. The summed E-state index contributed by atoms with van der Waals surface area (Å²) in [4.78, 5) is 22.3. The average Bonchev–Trinajstić information content (AvgIpc) is 2.29. The zero-order valence-corrected chi connectivity index (χ0v) is 11.4. The molecule has 8 heteroatoms. The summed E-state index contributed by atoms with van der Waals surface area (Å²) < 4.78 is 13.1. The van der Waals surface area contributed by atoms with Crippen LogP contribution in [-0.2, 0) is 4.79 Å². The zero-order valence-electron chi connectivity index (χ0n) is 9.85. The number of hydrogen-bond donors (Lipinski definition) is 4. The molecule has 1 rings (SSSR count). The van der Waals surface area contributed by atoms with Gasteiger partial charge in [-0.05, 0) is 41.1 Å². The van der Waals surface area contributed by atoms with E-state index in [2.05, 4.69) is 26.6 Å². The average molecular weight is 335 g/mol. The van der Waals surface area contributed by atoms with Gasteiger partial charge in [0.1, 0.15) is 5.82 Å². The van der Waals surface area contributed by atoms with Crippen LogP contribution in [0.2, 0.25) is 0 Å². The van der Waals surface area contributed by atoms with Crippen molar-refractivity contribution >= 4 is 33.6 Å². The number of amides is 2. The molecule has 0 radical (unpaired) electrons.